The Morgan fingerprint density at radius 3 is 2.23 bits per heavy atom. The molecule has 1 saturated heterocycles. The van der Waals surface area contributed by atoms with Gasteiger partial charge in [-0.3, -0.25) is 9.78 Å². The minimum Gasteiger partial charge on any atom is -0.444 e. The fraction of sp³-hybridized carbons (Fsp3) is 0.562. The SMILES string of the molecule is CC(C)(C)OC(=O)N1CCC(C(N)=O)(c2ccncc2)CC1. The molecule has 0 radical (unpaired) electrons. The molecule has 120 valence electrons. The van der Waals surface area contributed by atoms with Crippen LogP contribution in [0.4, 0.5) is 4.79 Å². The van der Waals surface area contributed by atoms with Gasteiger partial charge in [-0.25, -0.2) is 4.79 Å². The molecule has 0 aliphatic carbocycles. The molecule has 1 aliphatic heterocycles. The highest BCUT2D eigenvalue weighted by molar-refractivity contribution is 5.87. The standard InChI is InChI=1S/C16H23N3O3/c1-15(2,3)22-14(21)19-10-6-16(7-11-19,13(17)20)12-4-8-18-9-5-12/h4-5,8-9H,6-7,10-11H2,1-3H3,(H2,17,20). The Morgan fingerprint density at radius 2 is 1.77 bits per heavy atom. The van der Waals surface area contributed by atoms with Gasteiger partial charge in [0.1, 0.15) is 5.60 Å². The maximum Gasteiger partial charge on any atom is 0.410 e. The van der Waals surface area contributed by atoms with Crippen molar-refractivity contribution in [1.29, 1.82) is 0 Å². The average molecular weight is 305 g/mol. The van der Waals surface area contributed by atoms with E-state index in [1.165, 1.54) is 0 Å². The number of nitrogens with zero attached hydrogens (tertiary/aromatic N) is 2. The second kappa shape index (κ2) is 5.94. The highest BCUT2D eigenvalue weighted by Gasteiger charge is 2.43. The van der Waals surface area contributed by atoms with E-state index in [2.05, 4.69) is 4.98 Å². The third-order valence-electron chi connectivity index (χ3n) is 3.97. The monoisotopic (exact) mass is 305 g/mol. The van der Waals surface area contributed by atoms with E-state index in [0.717, 1.165) is 5.56 Å². The predicted octanol–water partition coefficient (Wildman–Crippen LogP) is 1.84. The summed E-state index contributed by atoms with van der Waals surface area (Å²) in [5.74, 6) is -0.359. The first-order valence-electron chi connectivity index (χ1n) is 7.43. The van der Waals surface area contributed by atoms with Crippen molar-refractivity contribution in [3.05, 3.63) is 30.1 Å². The number of nitrogens with two attached hydrogens (primary N) is 1. The molecular weight excluding hydrogens is 282 g/mol. The molecule has 0 atom stereocenters. The number of piperidine rings is 1. The van der Waals surface area contributed by atoms with Gasteiger partial charge in [-0.1, -0.05) is 0 Å². The van der Waals surface area contributed by atoms with Crippen LogP contribution in [-0.2, 0) is 14.9 Å². The van der Waals surface area contributed by atoms with Gasteiger partial charge in [-0.2, -0.15) is 0 Å². The van der Waals surface area contributed by atoms with Crippen LogP contribution in [0.2, 0.25) is 0 Å². The number of hydrogen-bond donors (Lipinski definition) is 1. The topological polar surface area (TPSA) is 85.5 Å². The molecule has 0 bridgehead atoms. The van der Waals surface area contributed by atoms with Crippen molar-refractivity contribution in [2.45, 2.75) is 44.6 Å². The lowest BCUT2D eigenvalue weighted by molar-refractivity contribution is -0.125. The Bertz CT molecular complexity index is 544. The van der Waals surface area contributed by atoms with Crippen molar-refractivity contribution in [3.63, 3.8) is 0 Å². The van der Waals surface area contributed by atoms with Crippen LogP contribution in [0.5, 0.6) is 0 Å². The predicted molar refractivity (Wildman–Crippen MR) is 82.2 cm³/mol. The van der Waals surface area contributed by atoms with E-state index in [1.807, 2.05) is 32.9 Å². The lowest BCUT2D eigenvalue weighted by Crippen LogP contribution is -2.52. The summed E-state index contributed by atoms with van der Waals surface area (Å²) in [6, 6.07) is 3.63. The van der Waals surface area contributed by atoms with Gasteiger partial charge < -0.3 is 15.4 Å². The minimum atomic E-state index is -0.735. The quantitative estimate of drug-likeness (QED) is 0.903. The highest BCUT2D eigenvalue weighted by atomic mass is 16.6. The first-order chi connectivity index (χ1) is 10.2. The van der Waals surface area contributed by atoms with Crippen molar-refractivity contribution < 1.29 is 14.3 Å². The van der Waals surface area contributed by atoms with E-state index in [9.17, 15) is 9.59 Å². The number of carbonyl (C=O) groups is 2. The molecule has 2 N–H and O–H groups in total. The van der Waals surface area contributed by atoms with Crippen molar-refractivity contribution in [1.82, 2.24) is 9.88 Å². The number of ether oxygens (including phenoxy) is 1. The average Bonchev–Trinajstić information content (AvgIpc) is 2.46. The summed E-state index contributed by atoms with van der Waals surface area (Å²) in [7, 11) is 0. The van der Waals surface area contributed by atoms with E-state index >= 15 is 0 Å². The highest BCUT2D eigenvalue weighted by Crippen LogP contribution is 2.35. The molecule has 1 aromatic rings. The lowest BCUT2D eigenvalue weighted by atomic mass is 9.72. The number of hydrogen-bond acceptors (Lipinski definition) is 4. The van der Waals surface area contributed by atoms with E-state index < -0.39 is 11.0 Å². The molecule has 6 nitrogen and oxygen atoms in total. The number of rotatable bonds is 2. The maximum absolute atomic E-state index is 12.1. The molecule has 0 spiro atoms. The van der Waals surface area contributed by atoms with Crippen molar-refractivity contribution in [3.8, 4) is 0 Å². The van der Waals surface area contributed by atoms with Crippen LogP contribution >= 0.6 is 0 Å². The van der Waals surface area contributed by atoms with Crippen LogP contribution in [0.25, 0.3) is 0 Å². The van der Waals surface area contributed by atoms with E-state index in [4.69, 9.17) is 10.5 Å². The zero-order chi connectivity index (χ0) is 16.4. The molecule has 6 heteroatoms. The number of aromatic nitrogens is 1. The summed E-state index contributed by atoms with van der Waals surface area (Å²) in [5, 5.41) is 0. The number of likely N-dealkylation sites (tertiary alicyclic amines) is 1. The van der Waals surface area contributed by atoms with Gasteiger partial charge in [0, 0.05) is 25.5 Å². The van der Waals surface area contributed by atoms with Gasteiger partial charge >= 0.3 is 6.09 Å². The fourth-order valence-corrected chi connectivity index (χ4v) is 2.75. The summed E-state index contributed by atoms with van der Waals surface area (Å²) in [4.78, 5) is 29.8. The Labute approximate surface area is 130 Å². The zero-order valence-electron chi connectivity index (χ0n) is 13.3. The van der Waals surface area contributed by atoms with Crippen LogP contribution in [0.15, 0.2) is 24.5 Å². The molecule has 1 aromatic heterocycles. The van der Waals surface area contributed by atoms with Gasteiger partial charge in [0.2, 0.25) is 5.91 Å². The molecule has 0 unspecified atom stereocenters. The molecule has 0 aromatic carbocycles. The summed E-state index contributed by atoms with van der Waals surface area (Å²) in [6.07, 6.45) is 3.94. The normalized spacial score (nSPS) is 17.9. The smallest absolute Gasteiger partial charge is 0.410 e. The third kappa shape index (κ3) is 3.37. The molecule has 1 aliphatic rings. The van der Waals surface area contributed by atoms with Crippen LogP contribution in [-0.4, -0.2) is 40.6 Å². The number of primary amides is 1. The minimum absolute atomic E-state index is 0.347. The number of amides is 2. The van der Waals surface area contributed by atoms with Crippen LogP contribution < -0.4 is 5.73 Å². The summed E-state index contributed by atoms with van der Waals surface area (Å²) in [6.45, 7) is 6.39. The molecule has 0 saturated carbocycles. The van der Waals surface area contributed by atoms with E-state index in [1.54, 1.807) is 17.3 Å². The maximum atomic E-state index is 12.1. The van der Waals surface area contributed by atoms with Crippen LogP contribution in [0.3, 0.4) is 0 Å². The Balaban J connectivity index is 2.11. The molecule has 2 rings (SSSR count). The second-order valence-corrected chi connectivity index (χ2v) is 6.65. The molecule has 2 amide bonds. The van der Waals surface area contributed by atoms with Gasteiger partial charge in [0.15, 0.2) is 0 Å². The van der Waals surface area contributed by atoms with Crippen molar-refractivity contribution >= 4 is 12.0 Å². The van der Waals surface area contributed by atoms with E-state index in [0.29, 0.717) is 25.9 Å². The van der Waals surface area contributed by atoms with Crippen LogP contribution in [0.1, 0.15) is 39.2 Å². The first kappa shape index (κ1) is 16.3. The molecule has 22 heavy (non-hydrogen) atoms. The molecule has 1 fully saturated rings. The van der Waals surface area contributed by atoms with Gasteiger partial charge in [0.05, 0.1) is 5.41 Å². The van der Waals surface area contributed by atoms with Crippen LogP contribution in [0, 0.1) is 0 Å². The Kier molecular flexibility index (Phi) is 4.39. The van der Waals surface area contributed by atoms with Crippen molar-refractivity contribution in [2.75, 3.05) is 13.1 Å². The zero-order valence-corrected chi connectivity index (χ0v) is 13.3. The van der Waals surface area contributed by atoms with E-state index in [-0.39, 0.29) is 12.0 Å². The molecule has 2 heterocycles. The third-order valence-corrected chi connectivity index (χ3v) is 3.97. The molecular formula is C16H23N3O3. The van der Waals surface area contributed by atoms with Gasteiger partial charge in [0.25, 0.3) is 0 Å². The fourth-order valence-electron chi connectivity index (χ4n) is 2.75. The largest absolute Gasteiger partial charge is 0.444 e. The summed E-state index contributed by atoms with van der Waals surface area (Å²) in [5.41, 5.74) is 5.26. The second-order valence-electron chi connectivity index (χ2n) is 6.65. The number of carbonyl (C=O) groups excluding carboxylic acids is 2. The van der Waals surface area contributed by atoms with Crippen molar-refractivity contribution in [2.24, 2.45) is 5.73 Å². The van der Waals surface area contributed by atoms with Gasteiger partial charge in [-0.15, -0.1) is 0 Å². The summed E-state index contributed by atoms with van der Waals surface area (Å²) < 4.78 is 5.37. The Hall–Kier alpha value is -2.11. The number of pyridine rings is 1. The Morgan fingerprint density at radius 1 is 1.23 bits per heavy atom. The van der Waals surface area contributed by atoms with Gasteiger partial charge in [-0.05, 0) is 51.3 Å². The first-order valence-corrected chi connectivity index (χ1v) is 7.43. The summed E-state index contributed by atoms with van der Waals surface area (Å²) >= 11 is 0. The lowest BCUT2D eigenvalue weighted by Gasteiger charge is -2.40.